The molecule has 1 atom stereocenters. The van der Waals surface area contributed by atoms with Gasteiger partial charge in [0.1, 0.15) is 11.9 Å². The molecule has 0 aliphatic carbocycles. The lowest BCUT2D eigenvalue weighted by Gasteiger charge is -2.27. The van der Waals surface area contributed by atoms with E-state index in [0.29, 0.717) is 23.0 Å². The first-order chi connectivity index (χ1) is 12.1. The van der Waals surface area contributed by atoms with Crippen molar-refractivity contribution in [3.63, 3.8) is 0 Å². The van der Waals surface area contributed by atoms with Gasteiger partial charge < -0.3 is 4.90 Å². The normalized spacial score (nSPS) is 19.9. The maximum atomic E-state index is 12.9. The molecule has 0 radical (unpaired) electrons. The van der Waals surface area contributed by atoms with Crippen LogP contribution in [0.15, 0.2) is 23.1 Å². The molecule has 132 valence electrons. The predicted molar refractivity (Wildman–Crippen MR) is 92.6 cm³/mol. The number of hydrogen-bond donors (Lipinski definition) is 0. The molecule has 1 unspecified atom stereocenters. The minimum absolute atomic E-state index is 0.0599. The molecule has 2 aliphatic rings. The van der Waals surface area contributed by atoms with Gasteiger partial charge in [-0.1, -0.05) is 11.6 Å². The van der Waals surface area contributed by atoms with Crippen molar-refractivity contribution in [1.82, 2.24) is 24.2 Å². The maximum absolute atomic E-state index is 12.9. The minimum Gasteiger partial charge on any atom is -0.341 e. The molecular formula is C17H20ClN5O2. The van der Waals surface area contributed by atoms with Crippen LogP contribution in [0.25, 0.3) is 0 Å². The molecule has 2 aliphatic heterocycles. The molecule has 4 heterocycles. The Labute approximate surface area is 150 Å². The number of carbonyl (C=O) groups excluding carboxylic acids is 1. The summed E-state index contributed by atoms with van der Waals surface area (Å²) >= 11 is 5.85. The summed E-state index contributed by atoms with van der Waals surface area (Å²) in [6.45, 7) is 1.87. The van der Waals surface area contributed by atoms with Gasteiger partial charge in [-0.05, 0) is 37.8 Å². The summed E-state index contributed by atoms with van der Waals surface area (Å²) in [4.78, 5) is 31.8. The van der Waals surface area contributed by atoms with Gasteiger partial charge in [-0.2, -0.15) is 5.10 Å². The van der Waals surface area contributed by atoms with Crippen LogP contribution in [0.2, 0.25) is 5.02 Å². The Hall–Kier alpha value is -2.15. The van der Waals surface area contributed by atoms with Crippen LogP contribution in [0.1, 0.15) is 43.2 Å². The Kier molecular flexibility index (Phi) is 4.33. The third kappa shape index (κ3) is 3.08. The van der Waals surface area contributed by atoms with Crippen LogP contribution in [-0.4, -0.2) is 43.2 Å². The van der Waals surface area contributed by atoms with E-state index in [9.17, 15) is 9.59 Å². The van der Waals surface area contributed by atoms with Crippen LogP contribution in [-0.2, 0) is 17.8 Å². The highest BCUT2D eigenvalue weighted by molar-refractivity contribution is 6.30. The Balaban J connectivity index is 1.63. The standard InChI is InChI=1S/C17H20ClN5O2/c18-12-6-7-13(19-10-12)11-22-17(25)23-14(4-3-5-15(23)20-22)16(24)21-8-1-2-9-21/h6-7,10,14H,1-5,8-9,11H2. The molecule has 0 spiro atoms. The third-order valence-corrected chi connectivity index (χ3v) is 5.16. The fourth-order valence-corrected chi connectivity index (χ4v) is 3.78. The molecule has 7 nitrogen and oxygen atoms in total. The number of rotatable bonds is 3. The highest BCUT2D eigenvalue weighted by Gasteiger charge is 2.34. The van der Waals surface area contributed by atoms with E-state index < -0.39 is 6.04 Å². The van der Waals surface area contributed by atoms with E-state index in [0.717, 1.165) is 38.8 Å². The molecule has 25 heavy (non-hydrogen) atoms. The zero-order valence-corrected chi connectivity index (χ0v) is 14.7. The average molecular weight is 362 g/mol. The molecule has 1 saturated heterocycles. The van der Waals surface area contributed by atoms with E-state index in [2.05, 4.69) is 10.1 Å². The zero-order chi connectivity index (χ0) is 17.4. The van der Waals surface area contributed by atoms with Crippen LogP contribution in [0.4, 0.5) is 0 Å². The van der Waals surface area contributed by atoms with Crippen molar-refractivity contribution in [2.24, 2.45) is 0 Å². The lowest BCUT2D eigenvalue weighted by molar-refractivity contribution is -0.134. The van der Waals surface area contributed by atoms with E-state index >= 15 is 0 Å². The lowest BCUT2D eigenvalue weighted by atomic mass is 10.0. The number of carbonyl (C=O) groups is 1. The molecular weight excluding hydrogens is 342 g/mol. The van der Waals surface area contributed by atoms with Gasteiger partial charge in [-0.15, -0.1) is 0 Å². The van der Waals surface area contributed by atoms with Crippen LogP contribution in [0.5, 0.6) is 0 Å². The van der Waals surface area contributed by atoms with Gasteiger partial charge in [0.15, 0.2) is 0 Å². The topological polar surface area (TPSA) is 73.0 Å². The van der Waals surface area contributed by atoms with Gasteiger partial charge in [0, 0.05) is 25.7 Å². The molecule has 8 heteroatoms. The first-order valence-electron chi connectivity index (χ1n) is 8.71. The van der Waals surface area contributed by atoms with Crippen molar-refractivity contribution >= 4 is 17.5 Å². The van der Waals surface area contributed by atoms with Gasteiger partial charge in [0.25, 0.3) is 0 Å². The van der Waals surface area contributed by atoms with Gasteiger partial charge in [0.05, 0.1) is 17.3 Å². The van der Waals surface area contributed by atoms with E-state index in [1.165, 1.54) is 4.68 Å². The lowest BCUT2D eigenvalue weighted by Crippen LogP contribution is -2.41. The number of amides is 1. The third-order valence-electron chi connectivity index (χ3n) is 4.93. The molecule has 0 aromatic carbocycles. The van der Waals surface area contributed by atoms with E-state index in [-0.39, 0.29) is 18.1 Å². The quantitative estimate of drug-likeness (QED) is 0.833. The average Bonchev–Trinajstić information content (AvgIpc) is 3.25. The van der Waals surface area contributed by atoms with Crippen LogP contribution in [0.3, 0.4) is 0 Å². The highest BCUT2D eigenvalue weighted by atomic mass is 35.5. The van der Waals surface area contributed by atoms with Crippen molar-refractivity contribution in [2.75, 3.05) is 13.1 Å². The van der Waals surface area contributed by atoms with Gasteiger partial charge in [-0.3, -0.25) is 14.3 Å². The van der Waals surface area contributed by atoms with Gasteiger partial charge >= 0.3 is 5.69 Å². The van der Waals surface area contributed by atoms with Crippen LogP contribution in [0, 0.1) is 0 Å². The number of hydrogen-bond acceptors (Lipinski definition) is 4. The second-order valence-corrected chi connectivity index (χ2v) is 7.07. The van der Waals surface area contributed by atoms with Crippen molar-refractivity contribution in [3.05, 3.63) is 45.4 Å². The number of aromatic nitrogens is 4. The minimum atomic E-state index is -0.415. The summed E-state index contributed by atoms with van der Waals surface area (Å²) in [6, 6.07) is 3.10. The van der Waals surface area contributed by atoms with E-state index in [1.807, 2.05) is 4.90 Å². The van der Waals surface area contributed by atoms with Crippen LogP contribution >= 0.6 is 11.6 Å². The van der Waals surface area contributed by atoms with Crippen molar-refractivity contribution < 1.29 is 4.79 Å². The first kappa shape index (κ1) is 16.3. The van der Waals surface area contributed by atoms with Crippen LogP contribution < -0.4 is 5.69 Å². The Morgan fingerprint density at radius 2 is 2.04 bits per heavy atom. The second-order valence-electron chi connectivity index (χ2n) is 6.63. The fraction of sp³-hybridized carbons (Fsp3) is 0.529. The van der Waals surface area contributed by atoms with Gasteiger partial charge in [0.2, 0.25) is 5.91 Å². The summed E-state index contributed by atoms with van der Waals surface area (Å²) in [5.74, 6) is 0.757. The molecule has 0 bridgehead atoms. The summed E-state index contributed by atoms with van der Waals surface area (Å²) in [5, 5.41) is 5.00. The molecule has 2 aromatic rings. The smallest absolute Gasteiger partial charge is 0.341 e. The van der Waals surface area contributed by atoms with E-state index in [1.54, 1.807) is 22.9 Å². The van der Waals surface area contributed by atoms with Crippen molar-refractivity contribution in [1.29, 1.82) is 0 Å². The number of likely N-dealkylation sites (tertiary alicyclic amines) is 1. The molecule has 1 fully saturated rings. The summed E-state index contributed by atoms with van der Waals surface area (Å²) in [6.07, 6.45) is 5.94. The molecule has 0 saturated carbocycles. The maximum Gasteiger partial charge on any atom is 0.347 e. The van der Waals surface area contributed by atoms with Crippen molar-refractivity contribution in [3.8, 4) is 0 Å². The monoisotopic (exact) mass is 361 g/mol. The molecule has 2 aromatic heterocycles. The zero-order valence-electron chi connectivity index (χ0n) is 13.9. The Bertz CT molecular complexity index is 836. The summed E-state index contributed by atoms with van der Waals surface area (Å²) in [7, 11) is 0. The SMILES string of the molecule is O=C(C1CCCc2nn(Cc3ccc(Cl)cn3)c(=O)n21)N1CCCC1. The molecule has 0 N–H and O–H groups in total. The van der Waals surface area contributed by atoms with Gasteiger partial charge in [-0.25, -0.2) is 9.48 Å². The number of pyridine rings is 1. The molecule has 4 rings (SSSR count). The van der Waals surface area contributed by atoms with E-state index in [4.69, 9.17) is 11.6 Å². The summed E-state index contributed by atoms with van der Waals surface area (Å²) in [5.41, 5.74) is 0.480. The Morgan fingerprint density at radius 3 is 2.76 bits per heavy atom. The van der Waals surface area contributed by atoms with Crippen molar-refractivity contribution in [2.45, 2.75) is 44.7 Å². The fourth-order valence-electron chi connectivity index (χ4n) is 3.67. The molecule has 1 amide bonds. The largest absolute Gasteiger partial charge is 0.347 e. The second kappa shape index (κ2) is 6.63. The summed E-state index contributed by atoms with van der Waals surface area (Å²) < 4.78 is 3.00. The number of nitrogens with zero attached hydrogens (tertiary/aromatic N) is 5. The number of aryl methyl sites for hydroxylation is 1. The number of halogens is 1. The Morgan fingerprint density at radius 1 is 1.24 bits per heavy atom. The highest BCUT2D eigenvalue weighted by Crippen LogP contribution is 2.25. The predicted octanol–water partition coefficient (Wildman–Crippen LogP) is 1.64. The first-order valence-corrected chi connectivity index (χ1v) is 9.09. The number of fused-ring (bicyclic) bond motifs is 1.